The van der Waals surface area contributed by atoms with Crippen molar-refractivity contribution in [2.75, 3.05) is 11.9 Å². The van der Waals surface area contributed by atoms with Crippen LogP contribution in [0.1, 0.15) is 5.56 Å². The van der Waals surface area contributed by atoms with Gasteiger partial charge in [0.2, 0.25) is 5.91 Å². The number of nitrogens with zero attached hydrogens (tertiary/aromatic N) is 1. The molecule has 0 atom stereocenters. The van der Waals surface area contributed by atoms with Gasteiger partial charge in [0.05, 0.1) is 9.93 Å². The van der Waals surface area contributed by atoms with Gasteiger partial charge in [-0.3, -0.25) is 19.3 Å². The second-order valence-electron chi connectivity index (χ2n) is 5.61. The van der Waals surface area contributed by atoms with Crippen molar-refractivity contribution in [1.29, 1.82) is 0 Å². The smallest absolute Gasteiger partial charge is 0.294 e. The van der Waals surface area contributed by atoms with E-state index < -0.39 is 29.4 Å². The summed E-state index contributed by atoms with van der Waals surface area (Å²) in [6.45, 7) is -0.495. The maximum absolute atomic E-state index is 13.2. The summed E-state index contributed by atoms with van der Waals surface area (Å²) in [5.41, 5.74) is 0.758. The van der Waals surface area contributed by atoms with Crippen molar-refractivity contribution in [3.63, 3.8) is 0 Å². The highest BCUT2D eigenvalue weighted by Gasteiger charge is 2.36. The molecule has 2 aromatic rings. The van der Waals surface area contributed by atoms with E-state index in [9.17, 15) is 18.8 Å². The summed E-state index contributed by atoms with van der Waals surface area (Å²) in [5.74, 6) is -1.87. The first-order chi connectivity index (χ1) is 13.2. The Labute approximate surface area is 178 Å². The normalized spacial score (nSPS) is 15.4. The summed E-state index contributed by atoms with van der Waals surface area (Å²) in [6.07, 6.45) is 1.46. The summed E-state index contributed by atoms with van der Waals surface area (Å²) in [4.78, 5) is 37.7. The van der Waals surface area contributed by atoms with Gasteiger partial charge in [0.25, 0.3) is 11.1 Å². The number of nitrogens with one attached hydrogen (secondary N) is 1. The number of carbonyl (C=O) groups is 3. The Morgan fingerprint density at radius 3 is 2.54 bits per heavy atom. The number of imide groups is 1. The molecule has 1 N–H and O–H groups in total. The molecular formula is C18H10Cl3FN2O3S. The third kappa shape index (κ3) is 4.67. The molecule has 0 aromatic heterocycles. The Morgan fingerprint density at radius 2 is 1.86 bits per heavy atom. The molecule has 10 heteroatoms. The standard InChI is InChI=1S/C18H10Cl3FN2O3S/c19-10-2-1-9(12(20)6-10)5-15-17(26)24(18(27)28-15)8-16(25)23-11-3-4-14(22)13(21)7-11/h1-7H,8H2,(H,23,25)/b15-5+. The molecular weight excluding hydrogens is 450 g/mol. The van der Waals surface area contributed by atoms with Crippen molar-refractivity contribution in [3.05, 3.63) is 67.8 Å². The van der Waals surface area contributed by atoms with Crippen LogP contribution in [0.15, 0.2) is 41.3 Å². The number of hydrogen-bond acceptors (Lipinski definition) is 4. The topological polar surface area (TPSA) is 66.5 Å². The van der Waals surface area contributed by atoms with E-state index in [1.165, 1.54) is 24.3 Å². The molecule has 0 aliphatic carbocycles. The molecule has 1 saturated heterocycles. The molecule has 1 heterocycles. The summed E-state index contributed by atoms with van der Waals surface area (Å²) in [5, 5.41) is 2.47. The fourth-order valence-corrected chi connectivity index (χ4v) is 3.79. The quantitative estimate of drug-likeness (QED) is 0.617. The lowest BCUT2D eigenvalue weighted by Crippen LogP contribution is -2.36. The van der Waals surface area contributed by atoms with Gasteiger partial charge < -0.3 is 5.32 Å². The number of carbonyl (C=O) groups excluding carboxylic acids is 3. The molecule has 1 aliphatic rings. The average Bonchev–Trinajstić information content (AvgIpc) is 2.88. The molecule has 5 nitrogen and oxygen atoms in total. The average molecular weight is 460 g/mol. The lowest BCUT2D eigenvalue weighted by Gasteiger charge is -2.12. The zero-order chi connectivity index (χ0) is 20.4. The first-order valence-corrected chi connectivity index (χ1v) is 9.65. The van der Waals surface area contributed by atoms with Gasteiger partial charge in [-0.1, -0.05) is 40.9 Å². The van der Waals surface area contributed by atoms with Crippen molar-refractivity contribution in [1.82, 2.24) is 4.90 Å². The van der Waals surface area contributed by atoms with Gasteiger partial charge in [0.1, 0.15) is 12.4 Å². The van der Waals surface area contributed by atoms with Crippen LogP contribution in [0.5, 0.6) is 0 Å². The van der Waals surface area contributed by atoms with Gasteiger partial charge in [-0.15, -0.1) is 0 Å². The van der Waals surface area contributed by atoms with Crippen LogP contribution in [-0.4, -0.2) is 28.5 Å². The van der Waals surface area contributed by atoms with Crippen molar-refractivity contribution < 1.29 is 18.8 Å². The summed E-state index contributed by atoms with van der Waals surface area (Å²) < 4.78 is 13.2. The highest BCUT2D eigenvalue weighted by Crippen LogP contribution is 2.34. The van der Waals surface area contributed by atoms with Gasteiger partial charge in [-0.2, -0.15) is 0 Å². The lowest BCUT2D eigenvalue weighted by atomic mass is 10.2. The lowest BCUT2D eigenvalue weighted by molar-refractivity contribution is -0.127. The van der Waals surface area contributed by atoms with Crippen molar-refractivity contribution in [2.24, 2.45) is 0 Å². The Bertz CT molecular complexity index is 1030. The molecule has 0 radical (unpaired) electrons. The summed E-state index contributed by atoms with van der Waals surface area (Å²) in [7, 11) is 0. The number of halogens is 4. The van der Waals surface area contributed by atoms with Gasteiger partial charge in [-0.05, 0) is 53.7 Å². The van der Waals surface area contributed by atoms with Gasteiger partial charge in [0.15, 0.2) is 0 Å². The van der Waals surface area contributed by atoms with Crippen LogP contribution in [0.25, 0.3) is 6.08 Å². The van der Waals surface area contributed by atoms with E-state index in [1.807, 2.05) is 0 Å². The minimum atomic E-state index is -0.629. The predicted molar refractivity (Wildman–Crippen MR) is 109 cm³/mol. The van der Waals surface area contributed by atoms with Gasteiger partial charge >= 0.3 is 0 Å². The molecule has 3 rings (SSSR count). The maximum Gasteiger partial charge on any atom is 0.294 e. The van der Waals surface area contributed by atoms with Crippen LogP contribution in [0.2, 0.25) is 15.1 Å². The SMILES string of the molecule is O=C(CN1C(=O)S/C(=C/c2ccc(Cl)cc2Cl)C1=O)Nc1ccc(F)c(Cl)c1. The Hall–Kier alpha value is -2.06. The molecule has 0 spiro atoms. The van der Waals surface area contributed by atoms with E-state index in [0.29, 0.717) is 27.4 Å². The van der Waals surface area contributed by atoms with E-state index in [2.05, 4.69) is 5.32 Å². The van der Waals surface area contributed by atoms with E-state index >= 15 is 0 Å². The van der Waals surface area contributed by atoms with Gasteiger partial charge in [-0.25, -0.2) is 4.39 Å². The van der Waals surface area contributed by atoms with Crippen molar-refractivity contribution in [3.8, 4) is 0 Å². The highest BCUT2D eigenvalue weighted by molar-refractivity contribution is 8.18. The molecule has 28 heavy (non-hydrogen) atoms. The minimum Gasteiger partial charge on any atom is -0.324 e. The van der Waals surface area contributed by atoms with Crippen LogP contribution in [-0.2, 0) is 9.59 Å². The van der Waals surface area contributed by atoms with E-state index in [4.69, 9.17) is 34.8 Å². The van der Waals surface area contributed by atoms with Crippen LogP contribution >= 0.6 is 46.6 Å². The van der Waals surface area contributed by atoms with E-state index in [1.54, 1.807) is 12.1 Å². The first-order valence-electron chi connectivity index (χ1n) is 7.70. The molecule has 144 valence electrons. The Kier molecular flexibility index (Phi) is 6.30. The summed E-state index contributed by atoms with van der Waals surface area (Å²) >= 11 is 18.3. The van der Waals surface area contributed by atoms with Crippen LogP contribution in [0.3, 0.4) is 0 Å². The zero-order valence-corrected chi connectivity index (χ0v) is 16.9. The van der Waals surface area contributed by atoms with E-state index in [0.717, 1.165) is 11.0 Å². The monoisotopic (exact) mass is 458 g/mol. The fourth-order valence-electron chi connectivity index (χ4n) is 2.31. The Balaban J connectivity index is 1.71. The van der Waals surface area contributed by atoms with Crippen LogP contribution in [0.4, 0.5) is 14.9 Å². The zero-order valence-electron chi connectivity index (χ0n) is 13.8. The largest absolute Gasteiger partial charge is 0.324 e. The number of thioether (sulfide) groups is 1. The molecule has 2 aromatic carbocycles. The molecule has 3 amide bonds. The summed E-state index contributed by atoms with van der Waals surface area (Å²) in [6, 6.07) is 8.37. The second kappa shape index (κ2) is 8.53. The van der Waals surface area contributed by atoms with Crippen molar-refractivity contribution in [2.45, 2.75) is 0 Å². The third-order valence-electron chi connectivity index (χ3n) is 3.63. The third-order valence-corrected chi connectivity index (χ3v) is 5.39. The highest BCUT2D eigenvalue weighted by atomic mass is 35.5. The molecule has 1 aliphatic heterocycles. The number of amides is 3. The first kappa shape index (κ1) is 20.7. The van der Waals surface area contributed by atoms with E-state index in [-0.39, 0.29) is 15.6 Å². The number of anilines is 1. The number of hydrogen-bond donors (Lipinski definition) is 1. The Morgan fingerprint density at radius 1 is 1.11 bits per heavy atom. The van der Waals surface area contributed by atoms with Gasteiger partial charge in [0, 0.05) is 15.7 Å². The minimum absolute atomic E-state index is 0.131. The second-order valence-corrected chi connectivity index (χ2v) is 7.85. The van der Waals surface area contributed by atoms with Crippen molar-refractivity contribution >= 4 is 75.4 Å². The van der Waals surface area contributed by atoms with Crippen LogP contribution in [0, 0.1) is 5.82 Å². The fraction of sp³-hybridized carbons (Fsp3) is 0.0556. The number of benzene rings is 2. The maximum atomic E-state index is 13.2. The molecule has 0 unspecified atom stereocenters. The predicted octanol–water partition coefficient (Wildman–Crippen LogP) is 5.46. The molecule has 0 bridgehead atoms. The van der Waals surface area contributed by atoms with Crippen LogP contribution < -0.4 is 5.32 Å². The molecule has 0 saturated carbocycles. The molecule has 1 fully saturated rings. The number of rotatable bonds is 4.